The molecule has 0 aliphatic rings. The maximum Gasteiger partial charge on any atom is 0.434 e. The molecule has 0 radical (unpaired) electrons. The molecular formula is C13H16F3N3O2. The van der Waals surface area contributed by atoms with Gasteiger partial charge in [0, 0.05) is 13.0 Å². The molecule has 0 atom stereocenters. The molecule has 0 aliphatic carbocycles. The van der Waals surface area contributed by atoms with E-state index in [2.05, 4.69) is 22.3 Å². The first kappa shape index (κ1) is 16.9. The summed E-state index contributed by atoms with van der Waals surface area (Å²) in [5.74, 6) is 4.90. The van der Waals surface area contributed by atoms with Crippen molar-refractivity contribution in [2.75, 3.05) is 6.54 Å². The Labute approximate surface area is 120 Å². The third-order valence-corrected chi connectivity index (χ3v) is 2.06. The number of ether oxygens (including phenoxy) is 1. The van der Waals surface area contributed by atoms with Crippen LogP contribution in [0.25, 0.3) is 0 Å². The van der Waals surface area contributed by atoms with E-state index < -0.39 is 23.6 Å². The number of carbonyl (C=O) groups is 1. The highest BCUT2D eigenvalue weighted by Gasteiger charge is 2.35. The van der Waals surface area contributed by atoms with E-state index in [9.17, 15) is 18.0 Å². The molecule has 0 saturated carbocycles. The van der Waals surface area contributed by atoms with Crippen molar-refractivity contribution in [2.24, 2.45) is 0 Å². The Hall–Kier alpha value is -2.17. The summed E-state index contributed by atoms with van der Waals surface area (Å²) in [6.07, 6.45) is -3.91. The molecule has 0 aromatic carbocycles. The molecule has 2 N–H and O–H groups in total. The molecule has 1 aromatic heterocycles. The van der Waals surface area contributed by atoms with Gasteiger partial charge in [-0.15, -0.1) is 0 Å². The van der Waals surface area contributed by atoms with Crippen LogP contribution in [-0.2, 0) is 10.9 Å². The van der Waals surface area contributed by atoms with Crippen molar-refractivity contribution < 1.29 is 22.7 Å². The number of amides is 1. The highest BCUT2D eigenvalue weighted by atomic mass is 19.4. The van der Waals surface area contributed by atoms with Crippen molar-refractivity contribution in [1.29, 1.82) is 0 Å². The van der Waals surface area contributed by atoms with Crippen LogP contribution in [0.1, 0.15) is 38.4 Å². The summed E-state index contributed by atoms with van der Waals surface area (Å²) < 4.78 is 42.5. The number of nitrogens with one attached hydrogen (secondary N) is 2. The smallest absolute Gasteiger partial charge is 0.434 e. The van der Waals surface area contributed by atoms with E-state index in [0.29, 0.717) is 0 Å². The lowest BCUT2D eigenvalue weighted by molar-refractivity contribution is -0.141. The van der Waals surface area contributed by atoms with Crippen molar-refractivity contribution in [3.05, 3.63) is 17.5 Å². The van der Waals surface area contributed by atoms with E-state index in [1.165, 1.54) is 0 Å². The maximum absolute atomic E-state index is 12.5. The number of carbonyl (C=O) groups excluding carboxylic acids is 1. The standard InChI is InChI=1S/C13H16F3N3O2/c1-12(2,3)21-11(20)17-7-5-4-6-9-8-18-19-10(9)13(14,15)16/h8H,5,7H2,1-3H3,(H,17,20)(H,18,19). The van der Waals surface area contributed by atoms with Crippen LogP contribution in [0.3, 0.4) is 0 Å². The van der Waals surface area contributed by atoms with Crippen molar-refractivity contribution in [2.45, 2.75) is 39.0 Å². The zero-order valence-electron chi connectivity index (χ0n) is 11.9. The van der Waals surface area contributed by atoms with E-state index in [1.807, 2.05) is 5.10 Å². The second-order valence-electron chi connectivity index (χ2n) is 5.14. The fourth-order valence-electron chi connectivity index (χ4n) is 1.30. The Morgan fingerprint density at radius 2 is 2.10 bits per heavy atom. The molecule has 0 bridgehead atoms. The van der Waals surface area contributed by atoms with Crippen LogP contribution >= 0.6 is 0 Å². The molecule has 0 saturated heterocycles. The van der Waals surface area contributed by atoms with Crippen LogP contribution < -0.4 is 5.32 Å². The molecule has 1 rings (SSSR count). The van der Waals surface area contributed by atoms with Crippen LogP contribution in [0.15, 0.2) is 6.20 Å². The van der Waals surface area contributed by atoms with E-state index in [1.54, 1.807) is 20.8 Å². The first-order valence-corrected chi connectivity index (χ1v) is 6.16. The van der Waals surface area contributed by atoms with Crippen molar-refractivity contribution in [3.63, 3.8) is 0 Å². The molecule has 1 amide bonds. The number of hydrogen-bond donors (Lipinski definition) is 2. The van der Waals surface area contributed by atoms with Gasteiger partial charge in [0.25, 0.3) is 0 Å². The summed E-state index contributed by atoms with van der Waals surface area (Å²) in [5.41, 5.74) is -1.80. The van der Waals surface area contributed by atoms with E-state index >= 15 is 0 Å². The fourth-order valence-corrected chi connectivity index (χ4v) is 1.30. The number of aromatic amines is 1. The van der Waals surface area contributed by atoms with Gasteiger partial charge in [-0.05, 0) is 20.8 Å². The van der Waals surface area contributed by atoms with Crippen LogP contribution in [0, 0.1) is 11.8 Å². The van der Waals surface area contributed by atoms with Crippen molar-refractivity contribution >= 4 is 6.09 Å². The van der Waals surface area contributed by atoms with Gasteiger partial charge in [-0.3, -0.25) is 5.10 Å². The normalized spacial score (nSPS) is 11.5. The van der Waals surface area contributed by atoms with Gasteiger partial charge >= 0.3 is 12.3 Å². The Morgan fingerprint density at radius 3 is 2.67 bits per heavy atom. The predicted octanol–water partition coefficient (Wildman–Crippen LogP) is 2.69. The van der Waals surface area contributed by atoms with Crippen molar-refractivity contribution in [1.82, 2.24) is 15.5 Å². The van der Waals surface area contributed by atoms with Gasteiger partial charge in [0.1, 0.15) is 5.60 Å². The number of nitrogens with zero attached hydrogens (tertiary/aromatic N) is 1. The van der Waals surface area contributed by atoms with Gasteiger partial charge in [-0.25, -0.2) is 4.79 Å². The Balaban J connectivity index is 2.45. The zero-order valence-corrected chi connectivity index (χ0v) is 11.9. The van der Waals surface area contributed by atoms with E-state index in [4.69, 9.17) is 4.74 Å². The largest absolute Gasteiger partial charge is 0.444 e. The first-order chi connectivity index (χ1) is 9.59. The quantitative estimate of drug-likeness (QED) is 0.652. The number of hydrogen-bond acceptors (Lipinski definition) is 3. The number of halogens is 3. The molecule has 1 aromatic rings. The van der Waals surface area contributed by atoms with Gasteiger partial charge in [0.2, 0.25) is 0 Å². The summed E-state index contributed by atoms with van der Waals surface area (Å²) in [7, 11) is 0. The summed E-state index contributed by atoms with van der Waals surface area (Å²) in [6, 6.07) is 0. The molecular weight excluding hydrogens is 287 g/mol. The minimum absolute atomic E-state index is 0.182. The molecule has 0 unspecified atom stereocenters. The highest BCUT2D eigenvalue weighted by Crippen LogP contribution is 2.29. The third kappa shape index (κ3) is 6.21. The maximum atomic E-state index is 12.5. The Kier molecular flexibility index (Phi) is 5.24. The van der Waals surface area contributed by atoms with Gasteiger partial charge in [0.05, 0.1) is 11.8 Å². The fraction of sp³-hybridized carbons (Fsp3) is 0.538. The lowest BCUT2D eigenvalue weighted by Crippen LogP contribution is -2.32. The molecule has 8 heteroatoms. The van der Waals surface area contributed by atoms with Crippen LogP contribution in [0.4, 0.5) is 18.0 Å². The monoisotopic (exact) mass is 303 g/mol. The lowest BCUT2D eigenvalue weighted by Gasteiger charge is -2.19. The van der Waals surface area contributed by atoms with E-state index in [-0.39, 0.29) is 18.5 Å². The van der Waals surface area contributed by atoms with Gasteiger partial charge in [-0.2, -0.15) is 18.3 Å². The summed E-state index contributed by atoms with van der Waals surface area (Å²) in [5, 5.41) is 7.64. The average molecular weight is 303 g/mol. The summed E-state index contributed by atoms with van der Waals surface area (Å²) in [4.78, 5) is 11.3. The second kappa shape index (κ2) is 6.52. The van der Waals surface area contributed by atoms with Crippen LogP contribution in [0.5, 0.6) is 0 Å². The second-order valence-corrected chi connectivity index (χ2v) is 5.14. The Bertz CT molecular complexity index is 547. The Morgan fingerprint density at radius 1 is 1.43 bits per heavy atom. The number of H-pyrrole nitrogens is 1. The van der Waals surface area contributed by atoms with Crippen LogP contribution in [-0.4, -0.2) is 28.4 Å². The lowest BCUT2D eigenvalue weighted by atomic mass is 10.2. The van der Waals surface area contributed by atoms with Crippen molar-refractivity contribution in [3.8, 4) is 11.8 Å². The van der Waals surface area contributed by atoms with Gasteiger partial charge in [0.15, 0.2) is 5.69 Å². The number of aromatic nitrogens is 2. The minimum Gasteiger partial charge on any atom is -0.444 e. The summed E-state index contributed by atoms with van der Waals surface area (Å²) in [6.45, 7) is 5.36. The number of alkyl halides is 3. The molecule has 0 aliphatic heterocycles. The topological polar surface area (TPSA) is 67.0 Å². The van der Waals surface area contributed by atoms with Crippen LogP contribution in [0.2, 0.25) is 0 Å². The van der Waals surface area contributed by atoms with Gasteiger partial charge < -0.3 is 10.1 Å². The summed E-state index contributed by atoms with van der Waals surface area (Å²) >= 11 is 0. The predicted molar refractivity (Wildman–Crippen MR) is 69.3 cm³/mol. The zero-order chi connectivity index (χ0) is 16.1. The van der Waals surface area contributed by atoms with E-state index in [0.717, 1.165) is 6.20 Å². The third-order valence-electron chi connectivity index (χ3n) is 2.06. The molecule has 0 fully saturated rings. The highest BCUT2D eigenvalue weighted by molar-refractivity contribution is 5.67. The first-order valence-electron chi connectivity index (χ1n) is 6.16. The number of rotatable bonds is 2. The minimum atomic E-state index is -4.52. The number of alkyl carbamates (subject to hydrolysis) is 1. The molecule has 1 heterocycles. The molecule has 5 nitrogen and oxygen atoms in total. The molecule has 116 valence electrons. The molecule has 0 spiro atoms. The SMILES string of the molecule is CC(C)(C)OC(=O)NCCC#Cc1cn[nH]c1C(F)(F)F. The average Bonchev–Trinajstić information content (AvgIpc) is 2.74. The molecule has 21 heavy (non-hydrogen) atoms. The van der Waals surface area contributed by atoms with Gasteiger partial charge in [-0.1, -0.05) is 11.8 Å².